The SMILES string of the molecule is OC1(c2c[nH]c3ccc(C(F)(F)F)cc23)Cc2ccccc2N1. The summed E-state index contributed by atoms with van der Waals surface area (Å²) in [6, 6.07) is 10.9. The van der Waals surface area contributed by atoms with Gasteiger partial charge in [0.2, 0.25) is 0 Å². The zero-order valence-corrected chi connectivity index (χ0v) is 11.9. The van der Waals surface area contributed by atoms with Gasteiger partial charge < -0.3 is 15.4 Å². The third-order valence-corrected chi connectivity index (χ3v) is 4.26. The molecule has 1 aliphatic rings. The maximum atomic E-state index is 13.0. The summed E-state index contributed by atoms with van der Waals surface area (Å²) in [4.78, 5) is 2.93. The smallest absolute Gasteiger partial charge is 0.367 e. The fraction of sp³-hybridized carbons (Fsp3) is 0.176. The van der Waals surface area contributed by atoms with Gasteiger partial charge in [0.25, 0.3) is 0 Å². The molecule has 2 heterocycles. The summed E-state index contributed by atoms with van der Waals surface area (Å²) in [6.07, 6.45) is -2.56. The number of rotatable bonds is 1. The first-order valence-corrected chi connectivity index (χ1v) is 7.14. The number of hydrogen-bond donors (Lipinski definition) is 3. The van der Waals surface area contributed by atoms with Crippen LogP contribution in [0.2, 0.25) is 0 Å². The summed E-state index contributed by atoms with van der Waals surface area (Å²) in [5.41, 5.74) is 0.526. The van der Waals surface area contributed by atoms with E-state index in [-0.39, 0.29) is 0 Å². The highest BCUT2D eigenvalue weighted by molar-refractivity contribution is 5.86. The van der Waals surface area contributed by atoms with Crippen molar-refractivity contribution < 1.29 is 18.3 Å². The topological polar surface area (TPSA) is 48.0 Å². The van der Waals surface area contributed by atoms with E-state index in [1.165, 1.54) is 6.07 Å². The van der Waals surface area contributed by atoms with Crippen LogP contribution in [0.4, 0.5) is 18.9 Å². The number of hydrogen-bond acceptors (Lipinski definition) is 2. The van der Waals surface area contributed by atoms with Gasteiger partial charge >= 0.3 is 6.18 Å². The van der Waals surface area contributed by atoms with E-state index >= 15 is 0 Å². The lowest BCUT2D eigenvalue weighted by atomic mass is 9.97. The van der Waals surface area contributed by atoms with E-state index in [4.69, 9.17) is 0 Å². The van der Waals surface area contributed by atoms with E-state index in [2.05, 4.69) is 10.3 Å². The minimum atomic E-state index is -4.42. The number of H-pyrrole nitrogens is 1. The molecule has 0 amide bonds. The Kier molecular flexibility index (Phi) is 2.78. The molecule has 0 aliphatic carbocycles. The molecular formula is C17H13F3N2O. The molecule has 0 saturated carbocycles. The van der Waals surface area contributed by atoms with Crippen molar-refractivity contribution >= 4 is 16.6 Å². The fourth-order valence-electron chi connectivity index (χ4n) is 3.14. The number of aliphatic hydroxyl groups is 1. The minimum Gasteiger partial charge on any atom is -0.367 e. The summed E-state index contributed by atoms with van der Waals surface area (Å²) in [5, 5.41) is 14.3. The summed E-state index contributed by atoms with van der Waals surface area (Å²) < 4.78 is 38.9. The molecule has 4 rings (SSSR count). The standard InChI is InChI=1S/C17H13F3N2O/c18-17(19,20)11-5-6-15-12(7-11)13(9-21-15)16(23)8-10-3-1-2-4-14(10)22-16/h1-7,9,21-23H,8H2. The van der Waals surface area contributed by atoms with E-state index < -0.39 is 17.5 Å². The van der Waals surface area contributed by atoms with Gasteiger partial charge in [0.15, 0.2) is 5.72 Å². The number of benzene rings is 2. The number of halogens is 3. The molecule has 0 spiro atoms. The lowest BCUT2D eigenvalue weighted by Crippen LogP contribution is -2.32. The normalized spacial score (nSPS) is 20.5. The van der Waals surface area contributed by atoms with Crippen LogP contribution in [0.5, 0.6) is 0 Å². The molecule has 2 aromatic carbocycles. The average molecular weight is 318 g/mol. The lowest BCUT2D eigenvalue weighted by Gasteiger charge is -2.23. The van der Waals surface area contributed by atoms with Crippen molar-refractivity contribution in [2.45, 2.75) is 18.3 Å². The summed E-state index contributed by atoms with van der Waals surface area (Å²) in [5.74, 6) is 0. The summed E-state index contributed by atoms with van der Waals surface area (Å²) >= 11 is 0. The third-order valence-electron chi connectivity index (χ3n) is 4.26. The maximum absolute atomic E-state index is 13.0. The summed E-state index contributed by atoms with van der Waals surface area (Å²) in [6.45, 7) is 0. The first kappa shape index (κ1) is 14.1. The van der Waals surface area contributed by atoms with Gasteiger partial charge in [-0.25, -0.2) is 0 Å². The first-order valence-electron chi connectivity index (χ1n) is 7.14. The van der Waals surface area contributed by atoms with Crippen molar-refractivity contribution in [2.24, 2.45) is 0 Å². The number of para-hydroxylation sites is 1. The molecular weight excluding hydrogens is 305 g/mol. The van der Waals surface area contributed by atoms with Crippen LogP contribution < -0.4 is 5.32 Å². The molecule has 0 radical (unpaired) electrons. The van der Waals surface area contributed by atoms with Crippen molar-refractivity contribution in [3.63, 3.8) is 0 Å². The second-order valence-corrected chi connectivity index (χ2v) is 5.78. The second kappa shape index (κ2) is 4.52. The van der Waals surface area contributed by atoms with Gasteiger partial charge in [-0.05, 0) is 29.8 Å². The van der Waals surface area contributed by atoms with Crippen molar-refractivity contribution in [3.8, 4) is 0 Å². The zero-order valence-electron chi connectivity index (χ0n) is 11.9. The van der Waals surface area contributed by atoms with Gasteiger partial charge in [0, 0.05) is 34.8 Å². The van der Waals surface area contributed by atoms with E-state index in [0.717, 1.165) is 23.4 Å². The number of nitrogens with one attached hydrogen (secondary N) is 2. The molecule has 3 aromatic rings. The Morgan fingerprint density at radius 2 is 1.87 bits per heavy atom. The fourth-order valence-corrected chi connectivity index (χ4v) is 3.14. The molecule has 23 heavy (non-hydrogen) atoms. The Labute approximate surface area is 129 Å². The van der Waals surface area contributed by atoms with Gasteiger partial charge in [-0.15, -0.1) is 0 Å². The number of fused-ring (bicyclic) bond motifs is 2. The van der Waals surface area contributed by atoms with Gasteiger partial charge in [-0.2, -0.15) is 13.2 Å². The van der Waals surface area contributed by atoms with Crippen LogP contribution in [0.15, 0.2) is 48.7 Å². The number of alkyl halides is 3. The molecule has 6 heteroatoms. The van der Waals surface area contributed by atoms with Crippen LogP contribution in [0.3, 0.4) is 0 Å². The van der Waals surface area contributed by atoms with Crippen molar-refractivity contribution in [2.75, 3.05) is 5.32 Å². The molecule has 118 valence electrons. The van der Waals surface area contributed by atoms with E-state index in [0.29, 0.717) is 22.9 Å². The predicted molar refractivity (Wildman–Crippen MR) is 81.0 cm³/mol. The molecule has 0 saturated heterocycles. The number of anilines is 1. The number of aromatic amines is 1. The van der Waals surface area contributed by atoms with E-state index in [1.807, 2.05) is 24.3 Å². The highest BCUT2D eigenvalue weighted by atomic mass is 19.4. The Balaban J connectivity index is 1.84. The van der Waals surface area contributed by atoms with Crippen molar-refractivity contribution in [3.05, 3.63) is 65.4 Å². The Morgan fingerprint density at radius 3 is 2.61 bits per heavy atom. The molecule has 1 aromatic heterocycles. The molecule has 0 fully saturated rings. The maximum Gasteiger partial charge on any atom is 0.416 e. The predicted octanol–water partition coefficient (Wildman–Crippen LogP) is 4.00. The zero-order chi connectivity index (χ0) is 16.2. The minimum absolute atomic E-state index is 0.298. The van der Waals surface area contributed by atoms with Crippen LogP contribution >= 0.6 is 0 Å². The van der Waals surface area contributed by atoms with Crippen LogP contribution in [0.25, 0.3) is 10.9 Å². The Hall–Kier alpha value is -2.47. The van der Waals surface area contributed by atoms with E-state index in [9.17, 15) is 18.3 Å². The van der Waals surface area contributed by atoms with Crippen LogP contribution in [0, 0.1) is 0 Å². The first-order chi connectivity index (χ1) is 10.9. The van der Waals surface area contributed by atoms with Gasteiger partial charge in [-0.3, -0.25) is 0 Å². The van der Waals surface area contributed by atoms with Crippen LogP contribution in [0.1, 0.15) is 16.7 Å². The van der Waals surface area contributed by atoms with Crippen molar-refractivity contribution in [1.82, 2.24) is 4.98 Å². The highest BCUT2D eigenvalue weighted by Crippen LogP contribution is 2.41. The van der Waals surface area contributed by atoms with Gasteiger partial charge in [-0.1, -0.05) is 18.2 Å². The summed E-state index contributed by atoms with van der Waals surface area (Å²) in [7, 11) is 0. The second-order valence-electron chi connectivity index (χ2n) is 5.78. The average Bonchev–Trinajstić information content (AvgIpc) is 3.05. The third kappa shape index (κ3) is 2.17. The van der Waals surface area contributed by atoms with Gasteiger partial charge in [0.05, 0.1) is 5.56 Å². The molecule has 3 nitrogen and oxygen atoms in total. The van der Waals surface area contributed by atoms with Crippen LogP contribution in [-0.2, 0) is 18.3 Å². The highest BCUT2D eigenvalue weighted by Gasteiger charge is 2.39. The Bertz CT molecular complexity index is 873. The van der Waals surface area contributed by atoms with Gasteiger partial charge in [0.1, 0.15) is 0 Å². The monoisotopic (exact) mass is 318 g/mol. The van der Waals surface area contributed by atoms with Crippen molar-refractivity contribution in [1.29, 1.82) is 0 Å². The largest absolute Gasteiger partial charge is 0.416 e. The molecule has 0 bridgehead atoms. The molecule has 1 unspecified atom stereocenters. The number of aromatic nitrogens is 1. The quantitative estimate of drug-likeness (QED) is 0.635. The van der Waals surface area contributed by atoms with E-state index in [1.54, 1.807) is 6.20 Å². The Morgan fingerprint density at radius 1 is 1.09 bits per heavy atom. The van der Waals surface area contributed by atoms with Crippen LogP contribution in [-0.4, -0.2) is 10.1 Å². The lowest BCUT2D eigenvalue weighted by molar-refractivity contribution is -0.137. The molecule has 3 N–H and O–H groups in total. The molecule has 1 atom stereocenters. The molecule has 1 aliphatic heterocycles.